The van der Waals surface area contributed by atoms with Gasteiger partial charge in [-0.1, -0.05) is 11.6 Å². The van der Waals surface area contributed by atoms with Gasteiger partial charge in [0.1, 0.15) is 6.07 Å². The summed E-state index contributed by atoms with van der Waals surface area (Å²) in [6, 6.07) is 3.97. The Bertz CT molecular complexity index is 360. The number of nitriles is 1. The standard InChI is InChI=1S/C11H12N2/c12-8-11-5-7-13(9-11)6-4-10-2-1-3-10/h4-5,7,9H,1-3,6H2. The van der Waals surface area contributed by atoms with Gasteiger partial charge in [0, 0.05) is 18.9 Å². The zero-order chi connectivity index (χ0) is 9.10. The van der Waals surface area contributed by atoms with Crippen LogP contribution >= 0.6 is 0 Å². The van der Waals surface area contributed by atoms with Crippen LogP contribution in [0.3, 0.4) is 0 Å². The molecule has 1 aliphatic rings. The Morgan fingerprint density at radius 2 is 2.38 bits per heavy atom. The van der Waals surface area contributed by atoms with E-state index >= 15 is 0 Å². The van der Waals surface area contributed by atoms with Crippen LogP contribution in [0.4, 0.5) is 0 Å². The van der Waals surface area contributed by atoms with Crippen LogP contribution in [0.2, 0.25) is 0 Å². The zero-order valence-corrected chi connectivity index (χ0v) is 7.53. The number of hydrogen-bond donors (Lipinski definition) is 0. The molecule has 66 valence electrons. The van der Waals surface area contributed by atoms with Crippen molar-refractivity contribution in [2.45, 2.75) is 25.8 Å². The summed E-state index contributed by atoms with van der Waals surface area (Å²) >= 11 is 0. The molecule has 0 aliphatic heterocycles. The van der Waals surface area contributed by atoms with E-state index in [0.717, 1.165) is 12.1 Å². The van der Waals surface area contributed by atoms with Crippen LogP contribution in [0.1, 0.15) is 24.8 Å². The quantitative estimate of drug-likeness (QED) is 0.630. The lowest BCUT2D eigenvalue weighted by Crippen LogP contribution is -1.99. The summed E-state index contributed by atoms with van der Waals surface area (Å²) in [5, 5.41) is 8.61. The topological polar surface area (TPSA) is 28.7 Å². The van der Waals surface area contributed by atoms with E-state index < -0.39 is 0 Å². The summed E-state index contributed by atoms with van der Waals surface area (Å²) in [5.41, 5.74) is 2.30. The number of aromatic nitrogens is 1. The summed E-state index contributed by atoms with van der Waals surface area (Å²) in [6.07, 6.45) is 9.99. The molecule has 0 amide bonds. The molecule has 2 rings (SSSR count). The molecule has 1 aliphatic carbocycles. The lowest BCUT2D eigenvalue weighted by Gasteiger charge is -2.15. The minimum absolute atomic E-state index is 0.743. The molecule has 0 aromatic carbocycles. The van der Waals surface area contributed by atoms with E-state index in [1.807, 2.05) is 23.0 Å². The minimum atomic E-state index is 0.743. The summed E-state index contributed by atoms with van der Waals surface area (Å²) < 4.78 is 2.05. The van der Waals surface area contributed by atoms with Gasteiger partial charge in [0.25, 0.3) is 0 Å². The Hall–Kier alpha value is -1.49. The predicted molar refractivity (Wildman–Crippen MR) is 51.1 cm³/mol. The second-order valence-corrected chi connectivity index (χ2v) is 3.42. The van der Waals surface area contributed by atoms with Crippen molar-refractivity contribution in [3.05, 3.63) is 35.7 Å². The molecule has 0 N–H and O–H groups in total. The van der Waals surface area contributed by atoms with Crippen molar-refractivity contribution in [1.29, 1.82) is 5.26 Å². The Labute approximate surface area is 78.1 Å². The van der Waals surface area contributed by atoms with Crippen LogP contribution in [0.5, 0.6) is 0 Å². The van der Waals surface area contributed by atoms with Crippen molar-refractivity contribution in [2.75, 3.05) is 0 Å². The number of rotatable bonds is 2. The first-order chi connectivity index (χ1) is 6.38. The Kier molecular flexibility index (Phi) is 2.18. The smallest absolute Gasteiger partial charge is 0.101 e. The van der Waals surface area contributed by atoms with E-state index in [2.05, 4.69) is 12.1 Å². The maximum atomic E-state index is 8.61. The van der Waals surface area contributed by atoms with Crippen molar-refractivity contribution >= 4 is 0 Å². The summed E-state index contributed by atoms with van der Waals surface area (Å²) in [7, 11) is 0. The summed E-state index contributed by atoms with van der Waals surface area (Å²) in [4.78, 5) is 0. The Balaban J connectivity index is 1.98. The SMILES string of the molecule is N#Cc1ccn(CC=C2CCC2)c1. The van der Waals surface area contributed by atoms with Gasteiger partial charge < -0.3 is 4.57 Å². The molecule has 0 atom stereocenters. The molecular formula is C11H12N2. The van der Waals surface area contributed by atoms with Gasteiger partial charge in [0.15, 0.2) is 0 Å². The van der Waals surface area contributed by atoms with E-state index in [-0.39, 0.29) is 0 Å². The second-order valence-electron chi connectivity index (χ2n) is 3.42. The summed E-state index contributed by atoms with van der Waals surface area (Å²) in [5.74, 6) is 0. The molecule has 2 nitrogen and oxygen atoms in total. The van der Waals surface area contributed by atoms with Gasteiger partial charge in [0.2, 0.25) is 0 Å². The predicted octanol–water partition coefficient (Wildman–Crippen LogP) is 2.47. The van der Waals surface area contributed by atoms with Gasteiger partial charge in [-0.15, -0.1) is 0 Å². The molecule has 1 fully saturated rings. The highest BCUT2D eigenvalue weighted by molar-refractivity contribution is 5.25. The van der Waals surface area contributed by atoms with E-state index in [9.17, 15) is 0 Å². The highest BCUT2D eigenvalue weighted by Gasteiger charge is 2.06. The fourth-order valence-electron chi connectivity index (χ4n) is 1.44. The van der Waals surface area contributed by atoms with Gasteiger partial charge in [0.05, 0.1) is 5.56 Å². The molecule has 13 heavy (non-hydrogen) atoms. The van der Waals surface area contributed by atoms with E-state index in [0.29, 0.717) is 0 Å². The van der Waals surface area contributed by atoms with Gasteiger partial charge in [-0.05, 0) is 25.3 Å². The zero-order valence-electron chi connectivity index (χ0n) is 7.53. The van der Waals surface area contributed by atoms with E-state index in [1.165, 1.54) is 19.3 Å². The van der Waals surface area contributed by atoms with Crippen molar-refractivity contribution in [1.82, 2.24) is 4.57 Å². The van der Waals surface area contributed by atoms with Gasteiger partial charge in [-0.2, -0.15) is 5.26 Å². The average Bonchev–Trinajstić information content (AvgIpc) is 2.49. The van der Waals surface area contributed by atoms with Gasteiger partial charge in [-0.3, -0.25) is 0 Å². The van der Waals surface area contributed by atoms with Crippen LogP contribution in [-0.4, -0.2) is 4.57 Å². The molecule has 1 heterocycles. The fourth-order valence-corrected chi connectivity index (χ4v) is 1.44. The van der Waals surface area contributed by atoms with Crippen LogP contribution in [-0.2, 0) is 6.54 Å². The maximum absolute atomic E-state index is 8.61. The van der Waals surface area contributed by atoms with Crippen LogP contribution in [0.15, 0.2) is 30.1 Å². The van der Waals surface area contributed by atoms with Crippen LogP contribution < -0.4 is 0 Å². The van der Waals surface area contributed by atoms with Crippen molar-refractivity contribution in [3.8, 4) is 6.07 Å². The van der Waals surface area contributed by atoms with Crippen molar-refractivity contribution in [2.24, 2.45) is 0 Å². The third-order valence-electron chi connectivity index (χ3n) is 2.47. The first-order valence-electron chi connectivity index (χ1n) is 4.62. The van der Waals surface area contributed by atoms with Gasteiger partial charge in [-0.25, -0.2) is 0 Å². The lowest BCUT2D eigenvalue weighted by molar-refractivity contribution is 0.649. The van der Waals surface area contributed by atoms with E-state index in [4.69, 9.17) is 5.26 Å². The highest BCUT2D eigenvalue weighted by atomic mass is 14.9. The molecule has 1 aromatic heterocycles. The number of hydrogen-bond acceptors (Lipinski definition) is 1. The normalized spacial score (nSPS) is 14.8. The monoisotopic (exact) mass is 172 g/mol. The molecule has 0 unspecified atom stereocenters. The largest absolute Gasteiger partial charge is 0.349 e. The molecule has 0 bridgehead atoms. The maximum Gasteiger partial charge on any atom is 0.101 e. The first kappa shape index (κ1) is 8.12. The van der Waals surface area contributed by atoms with Crippen molar-refractivity contribution in [3.63, 3.8) is 0 Å². The summed E-state index contributed by atoms with van der Waals surface area (Å²) in [6.45, 7) is 0.914. The lowest BCUT2D eigenvalue weighted by atomic mass is 9.92. The molecule has 0 spiro atoms. The Morgan fingerprint density at radius 1 is 1.54 bits per heavy atom. The van der Waals surface area contributed by atoms with Crippen LogP contribution in [0.25, 0.3) is 0 Å². The molecular weight excluding hydrogens is 160 g/mol. The molecule has 1 aromatic rings. The highest BCUT2D eigenvalue weighted by Crippen LogP contribution is 2.24. The minimum Gasteiger partial charge on any atom is -0.349 e. The average molecular weight is 172 g/mol. The fraction of sp³-hybridized carbons (Fsp3) is 0.364. The first-order valence-corrected chi connectivity index (χ1v) is 4.62. The Morgan fingerprint density at radius 3 is 2.92 bits per heavy atom. The second kappa shape index (κ2) is 3.49. The molecule has 0 saturated heterocycles. The van der Waals surface area contributed by atoms with E-state index in [1.54, 1.807) is 5.57 Å². The molecule has 0 radical (unpaired) electrons. The molecule has 1 saturated carbocycles. The van der Waals surface area contributed by atoms with Crippen LogP contribution in [0, 0.1) is 11.3 Å². The molecule has 2 heteroatoms. The number of allylic oxidation sites excluding steroid dienone is 2. The third kappa shape index (κ3) is 1.81. The third-order valence-corrected chi connectivity index (χ3v) is 2.47. The van der Waals surface area contributed by atoms with Crippen molar-refractivity contribution < 1.29 is 0 Å². The number of nitrogens with zero attached hydrogens (tertiary/aromatic N) is 2. The van der Waals surface area contributed by atoms with Gasteiger partial charge >= 0.3 is 0 Å².